The molecule has 0 aliphatic heterocycles. The Morgan fingerprint density at radius 3 is 2.42 bits per heavy atom. The number of aliphatic hydroxyl groups is 1. The first-order chi connectivity index (χ1) is 8.80. The van der Waals surface area contributed by atoms with Crippen LogP contribution in [-0.2, 0) is 6.18 Å². The van der Waals surface area contributed by atoms with E-state index in [1.807, 2.05) is 0 Å². The topological polar surface area (TPSA) is 20.2 Å². The van der Waals surface area contributed by atoms with Gasteiger partial charge in [-0.1, -0.05) is 6.07 Å². The van der Waals surface area contributed by atoms with Crippen LogP contribution < -0.4 is 0 Å². The van der Waals surface area contributed by atoms with Crippen molar-refractivity contribution in [1.29, 1.82) is 0 Å². The van der Waals surface area contributed by atoms with E-state index >= 15 is 0 Å². The van der Waals surface area contributed by atoms with E-state index in [0.29, 0.717) is 11.6 Å². The molecule has 0 aliphatic carbocycles. The Kier molecular flexibility index (Phi) is 3.64. The minimum absolute atomic E-state index is 0.0234. The molecule has 0 aliphatic rings. The molecule has 2 aromatic rings. The van der Waals surface area contributed by atoms with Crippen molar-refractivity contribution in [2.45, 2.75) is 19.2 Å². The number of aryl methyl sites for hydroxylation is 1. The summed E-state index contributed by atoms with van der Waals surface area (Å²) in [6.07, 6.45) is -5.96. The summed E-state index contributed by atoms with van der Waals surface area (Å²) < 4.78 is 50.9. The lowest BCUT2D eigenvalue weighted by atomic mass is 9.99. The van der Waals surface area contributed by atoms with Crippen LogP contribution in [0, 0.1) is 12.7 Å². The van der Waals surface area contributed by atoms with Gasteiger partial charge in [0.2, 0.25) is 0 Å². The van der Waals surface area contributed by atoms with Gasteiger partial charge in [0, 0.05) is 0 Å². The fraction of sp³-hybridized carbons (Fsp3) is 0.231. The molecule has 19 heavy (non-hydrogen) atoms. The van der Waals surface area contributed by atoms with E-state index in [-0.39, 0.29) is 5.56 Å². The van der Waals surface area contributed by atoms with E-state index < -0.39 is 23.7 Å². The molecule has 102 valence electrons. The maximum atomic E-state index is 13.2. The third kappa shape index (κ3) is 2.79. The lowest BCUT2D eigenvalue weighted by molar-refractivity contribution is -0.140. The number of hydrogen-bond acceptors (Lipinski definition) is 2. The fourth-order valence-corrected chi connectivity index (χ4v) is 2.63. The van der Waals surface area contributed by atoms with Crippen LogP contribution in [-0.4, -0.2) is 5.11 Å². The van der Waals surface area contributed by atoms with Crippen LogP contribution in [0.1, 0.15) is 28.4 Å². The standard InChI is InChI=1S/C13H10F4OS/c1-7-5-19-6-9(7)12(18)8-2-3-11(14)10(4-8)13(15,16)17/h2-6,12,18H,1H3. The Hall–Kier alpha value is -1.40. The highest BCUT2D eigenvalue weighted by Gasteiger charge is 2.34. The quantitative estimate of drug-likeness (QED) is 0.818. The molecule has 0 amide bonds. The maximum absolute atomic E-state index is 13.2. The van der Waals surface area contributed by atoms with Gasteiger partial charge in [-0.05, 0) is 46.5 Å². The van der Waals surface area contributed by atoms with Crippen molar-refractivity contribution in [2.75, 3.05) is 0 Å². The normalized spacial score (nSPS) is 13.6. The van der Waals surface area contributed by atoms with Gasteiger partial charge in [0.05, 0.1) is 5.56 Å². The molecule has 1 heterocycles. The predicted molar refractivity (Wildman–Crippen MR) is 64.5 cm³/mol. The SMILES string of the molecule is Cc1cscc1C(O)c1ccc(F)c(C(F)(F)F)c1. The summed E-state index contributed by atoms with van der Waals surface area (Å²) in [5.41, 5.74) is -0.0210. The van der Waals surface area contributed by atoms with Gasteiger partial charge in [-0.15, -0.1) is 0 Å². The maximum Gasteiger partial charge on any atom is 0.419 e. The van der Waals surface area contributed by atoms with Crippen molar-refractivity contribution in [1.82, 2.24) is 0 Å². The average molecular weight is 290 g/mol. The Balaban J connectivity index is 2.44. The molecule has 1 aromatic heterocycles. The predicted octanol–water partition coefficient (Wildman–Crippen LogP) is 4.30. The van der Waals surface area contributed by atoms with Gasteiger partial charge < -0.3 is 5.11 Å². The van der Waals surface area contributed by atoms with Gasteiger partial charge in [0.1, 0.15) is 11.9 Å². The second-order valence-electron chi connectivity index (χ2n) is 4.15. The molecule has 1 N–H and O–H groups in total. The minimum Gasteiger partial charge on any atom is -0.384 e. The third-order valence-corrected chi connectivity index (χ3v) is 3.68. The second-order valence-corrected chi connectivity index (χ2v) is 4.89. The van der Waals surface area contributed by atoms with Gasteiger partial charge in [-0.2, -0.15) is 24.5 Å². The van der Waals surface area contributed by atoms with Crippen molar-refractivity contribution in [2.24, 2.45) is 0 Å². The number of rotatable bonds is 2. The third-order valence-electron chi connectivity index (χ3n) is 2.80. The van der Waals surface area contributed by atoms with Gasteiger partial charge in [0.25, 0.3) is 0 Å². The smallest absolute Gasteiger partial charge is 0.384 e. The van der Waals surface area contributed by atoms with Crippen molar-refractivity contribution < 1.29 is 22.7 Å². The first-order valence-corrected chi connectivity index (χ1v) is 6.32. The number of benzene rings is 1. The summed E-state index contributed by atoms with van der Waals surface area (Å²) in [7, 11) is 0. The van der Waals surface area contributed by atoms with Gasteiger partial charge in [0.15, 0.2) is 0 Å². The van der Waals surface area contributed by atoms with Gasteiger partial charge in [-0.25, -0.2) is 4.39 Å². The van der Waals surface area contributed by atoms with E-state index in [0.717, 1.165) is 17.7 Å². The Morgan fingerprint density at radius 1 is 1.21 bits per heavy atom. The molecule has 1 nitrogen and oxygen atoms in total. The Morgan fingerprint density at radius 2 is 1.89 bits per heavy atom. The number of hydrogen-bond donors (Lipinski definition) is 1. The van der Waals surface area contributed by atoms with Crippen LogP contribution in [0.25, 0.3) is 0 Å². The lowest BCUT2D eigenvalue weighted by Crippen LogP contribution is -2.10. The van der Waals surface area contributed by atoms with Crippen LogP contribution in [0.5, 0.6) is 0 Å². The van der Waals surface area contributed by atoms with Crippen LogP contribution in [0.15, 0.2) is 29.0 Å². The van der Waals surface area contributed by atoms with Crippen LogP contribution in [0.3, 0.4) is 0 Å². The largest absolute Gasteiger partial charge is 0.419 e. The highest BCUT2D eigenvalue weighted by molar-refractivity contribution is 7.08. The number of halogens is 4. The molecular weight excluding hydrogens is 280 g/mol. The number of alkyl halides is 3. The first kappa shape index (κ1) is 14.0. The zero-order valence-electron chi connectivity index (χ0n) is 9.83. The molecular formula is C13H10F4OS. The summed E-state index contributed by atoms with van der Waals surface area (Å²) in [5.74, 6) is -1.34. The summed E-state index contributed by atoms with van der Waals surface area (Å²) >= 11 is 1.35. The molecule has 1 aromatic carbocycles. The van der Waals surface area contributed by atoms with Gasteiger partial charge >= 0.3 is 6.18 Å². The van der Waals surface area contributed by atoms with Crippen LogP contribution >= 0.6 is 11.3 Å². The fourth-order valence-electron chi connectivity index (χ4n) is 1.76. The molecule has 0 saturated heterocycles. The highest BCUT2D eigenvalue weighted by atomic mass is 32.1. The van der Waals surface area contributed by atoms with E-state index in [1.54, 1.807) is 17.7 Å². The summed E-state index contributed by atoms with van der Waals surface area (Å²) in [4.78, 5) is 0. The first-order valence-electron chi connectivity index (χ1n) is 5.38. The van der Waals surface area contributed by atoms with Crippen LogP contribution in [0.4, 0.5) is 17.6 Å². The zero-order valence-corrected chi connectivity index (χ0v) is 10.6. The van der Waals surface area contributed by atoms with Crippen molar-refractivity contribution in [3.05, 3.63) is 57.0 Å². The number of thiophene rings is 1. The molecule has 0 radical (unpaired) electrons. The van der Waals surface area contributed by atoms with E-state index in [9.17, 15) is 22.7 Å². The zero-order chi connectivity index (χ0) is 14.2. The minimum atomic E-state index is -4.77. The van der Waals surface area contributed by atoms with E-state index in [4.69, 9.17) is 0 Å². The van der Waals surface area contributed by atoms with Crippen LogP contribution in [0.2, 0.25) is 0 Å². The lowest BCUT2D eigenvalue weighted by Gasteiger charge is -2.14. The molecule has 1 atom stereocenters. The van der Waals surface area contributed by atoms with Crippen molar-refractivity contribution >= 4 is 11.3 Å². The van der Waals surface area contributed by atoms with E-state index in [2.05, 4.69) is 0 Å². The molecule has 0 saturated carbocycles. The molecule has 0 fully saturated rings. The van der Waals surface area contributed by atoms with Crippen molar-refractivity contribution in [3.63, 3.8) is 0 Å². The summed E-state index contributed by atoms with van der Waals surface area (Å²) in [5, 5.41) is 13.5. The number of aliphatic hydroxyl groups excluding tert-OH is 1. The monoisotopic (exact) mass is 290 g/mol. The van der Waals surface area contributed by atoms with Gasteiger partial charge in [-0.3, -0.25) is 0 Å². The molecule has 6 heteroatoms. The van der Waals surface area contributed by atoms with Crippen molar-refractivity contribution in [3.8, 4) is 0 Å². The molecule has 1 unspecified atom stereocenters. The Bertz CT molecular complexity index is 589. The Labute approximate surface area is 111 Å². The molecule has 0 spiro atoms. The second kappa shape index (κ2) is 4.94. The summed E-state index contributed by atoms with van der Waals surface area (Å²) in [6, 6.07) is 2.53. The molecule has 0 bridgehead atoms. The summed E-state index contributed by atoms with van der Waals surface area (Å²) in [6.45, 7) is 1.75. The average Bonchev–Trinajstić information content (AvgIpc) is 2.73. The molecule has 2 rings (SSSR count). The highest BCUT2D eigenvalue weighted by Crippen LogP contribution is 2.35. The van der Waals surface area contributed by atoms with E-state index in [1.165, 1.54) is 11.3 Å².